The highest BCUT2D eigenvalue weighted by Crippen LogP contribution is 2.52. The summed E-state index contributed by atoms with van der Waals surface area (Å²) >= 11 is 0. The number of rotatable bonds is 2. The fourth-order valence-corrected chi connectivity index (χ4v) is 4.80. The Hall–Kier alpha value is -0.200. The van der Waals surface area contributed by atoms with Crippen LogP contribution in [0.25, 0.3) is 0 Å². The lowest BCUT2D eigenvalue weighted by Crippen LogP contribution is -2.59. The van der Waals surface area contributed by atoms with Crippen LogP contribution in [0, 0.1) is 5.92 Å². The Morgan fingerprint density at radius 1 is 0.857 bits per heavy atom. The Morgan fingerprint density at radius 2 is 1.33 bits per heavy atom. The summed E-state index contributed by atoms with van der Waals surface area (Å²) in [5.41, 5.74) is -2.50. The summed E-state index contributed by atoms with van der Waals surface area (Å²) in [5.74, 6) is 0.218. The van der Waals surface area contributed by atoms with Gasteiger partial charge in [0.1, 0.15) is 0 Å². The molecule has 0 spiro atoms. The molecule has 1 aliphatic heterocycles. The molecule has 0 aromatic rings. The summed E-state index contributed by atoms with van der Waals surface area (Å²) in [6.45, 7) is 4.38. The number of aliphatic hydroxyl groups is 4. The molecule has 0 radical (unpaired) electrons. The number of hydrogen-bond acceptors (Lipinski definition) is 5. The van der Waals surface area contributed by atoms with E-state index in [9.17, 15) is 20.4 Å². The zero-order valence-electron chi connectivity index (χ0n) is 12.9. The predicted molar refractivity (Wildman–Crippen MR) is 78.8 cm³/mol. The van der Waals surface area contributed by atoms with Crippen molar-refractivity contribution >= 4 is 0 Å². The van der Waals surface area contributed by atoms with E-state index in [2.05, 4.69) is 11.8 Å². The van der Waals surface area contributed by atoms with Gasteiger partial charge in [-0.2, -0.15) is 0 Å². The molecule has 0 amide bonds. The largest absolute Gasteiger partial charge is 0.390 e. The standard InChI is InChI=1S/C16H29NO4/c1-11(17-5-3-2-4-6-17)12-7-15(20)9-13(18)14(19)10-16(15,21)8-12/h11-14,18-21H,2-10H2,1H3. The highest BCUT2D eigenvalue weighted by atomic mass is 16.4. The van der Waals surface area contributed by atoms with Crippen molar-refractivity contribution in [2.45, 2.75) is 81.3 Å². The SMILES string of the molecule is CC(C1CC2(O)CC(O)C(O)CC2(O)C1)N1CCCCC1. The van der Waals surface area contributed by atoms with Gasteiger partial charge < -0.3 is 25.3 Å². The monoisotopic (exact) mass is 299 g/mol. The number of piperidine rings is 1. The maximum atomic E-state index is 10.8. The molecule has 4 N–H and O–H groups in total. The Balaban J connectivity index is 1.73. The lowest BCUT2D eigenvalue weighted by atomic mass is 9.71. The quantitative estimate of drug-likeness (QED) is 0.587. The first-order valence-electron chi connectivity index (χ1n) is 8.40. The van der Waals surface area contributed by atoms with Crippen LogP contribution in [0.2, 0.25) is 0 Å². The third-order valence-electron chi connectivity index (χ3n) is 6.25. The van der Waals surface area contributed by atoms with Crippen LogP contribution in [0.4, 0.5) is 0 Å². The normalized spacial score (nSPS) is 49.9. The van der Waals surface area contributed by atoms with Crippen LogP contribution >= 0.6 is 0 Å². The van der Waals surface area contributed by atoms with Gasteiger partial charge in [-0.05, 0) is 51.6 Å². The third-order valence-corrected chi connectivity index (χ3v) is 6.25. The summed E-state index contributed by atoms with van der Waals surface area (Å²) in [6.07, 6.45) is 3.07. The van der Waals surface area contributed by atoms with Gasteiger partial charge in [0, 0.05) is 18.9 Å². The van der Waals surface area contributed by atoms with E-state index < -0.39 is 23.4 Å². The van der Waals surface area contributed by atoms with E-state index in [1.807, 2.05) is 0 Å². The van der Waals surface area contributed by atoms with E-state index in [0.717, 1.165) is 13.1 Å². The van der Waals surface area contributed by atoms with Gasteiger partial charge in [-0.3, -0.25) is 0 Å². The predicted octanol–water partition coefficient (Wildman–Crippen LogP) is 0.249. The Kier molecular flexibility index (Phi) is 4.08. The molecule has 0 bridgehead atoms. The van der Waals surface area contributed by atoms with Gasteiger partial charge in [-0.1, -0.05) is 6.42 Å². The highest BCUT2D eigenvalue weighted by Gasteiger charge is 2.62. The minimum atomic E-state index is -1.25. The van der Waals surface area contributed by atoms with Crippen molar-refractivity contribution < 1.29 is 20.4 Å². The zero-order valence-corrected chi connectivity index (χ0v) is 12.9. The van der Waals surface area contributed by atoms with Crippen molar-refractivity contribution in [3.05, 3.63) is 0 Å². The molecule has 3 fully saturated rings. The summed E-state index contributed by atoms with van der Waals surface area (Å²) in [6, 6.07) is 0.332. The van der Waals surface area contributed by atoms with Crippen LogP contribution in [-0.4, -0.2) is 67.9 Å². The Morgan fingerprint density at radius 3 is 1.81 bits per heavy atom. The average molecular weight is 299 g/mol. The van der Waals surface area contributed by atoms with E-state index in [1.54, 1.807) is 0 Å². The second-order valence-corrected chi connectivity index (χ2v) is 7.61. The van der Waals surface area contributed by atoms with Crippen LogP contribution in [0.1, 0.15) is 51.9 Å². The van der Waals surface area contributed by atoms with Gasteiger partial charge >= 0.3 is 0 Å². The van der Waals surface area contributed by atoms with Gasteiger partial charge in [0.25, 0.3) is 0 Å². The van der Waals surface area contributed by atoms with E-state index in [4.69, 9.17) is 0 Å². The van der Waals surface area contributed by atoms with Crippen molar-refractivity contribution in [1.29, 1.82) is 0 Å². The second kappa shape index (κ2) is 5.46. The van der Waals surface area contributed by atoms with Crippen LogP contribution in [0.3, 0.4) is 0 Å². The fourth-order valence-electron chi connectivity index (χ4n) is 4.80. The van der Waals surface area contributed by atoms with E-state index in [-0.39, 0.29) is 18.8 Å². The van der Waals surface area contributed by atoms with E-state index in [1.165, 1.54) is 19.3 Å². The number of hydrogen-bond donors (Lipinski definition) is 4. The number of fused-ring (bicyclic) bond motifs is 1. The molecule has 5 atom stereocenters. The maximum absolute atomic E-state index is 10.8. The van der Waals surface area contributed by atoms with Gasteiger partial charge in [-0.25, -0.2) is 0 Å². The lowest BCUT2D eigenvalue weighted by Gasteiger charge is -2.45. The molecule has 0 aromatic carbocycles. The minimum Gasteiger partial charge on any atom is -0.390 e. The first-order chi connectivity index (χ1) is 9.85. The number of likely N-dealkylation sites (tertiary alicyclic amines) is 1. The highest BCUT2D eigenvalue weighted by molar-refractivity contribution is 5.14. The van der Waals surface area contributed by atoms with Crippen molar-refractivity contribution in [3.8, 4) is 0 Å². The molecule has 2 saturated carbocycles. The van der Waals surface area contributed by atoms with Gasteiger partial charge in [-0.15, -0.1) is 0 Å². The van der Waals surface area contributed by atoms with Crippen molar-refractivity contribution in [1.82, 2.24) is 4.90 Å². The first kappa shape index (κ1) is 15.7. The van der Waals surface area contributed by atoms with E-state index >= 15 is 0 Å². The molecule has 5 heteroatoms. The molecule has 21 heavy (non-hydrogen) atoms. The smallest absolute Gasteiger partial charge is 0.0963 e. The average Bonchev–Trinajstić information content (AvgIpc) is 2.71. The molecule has 1 heterocycles. The zero-order chi connectivity index (χ0) is 15.3. The Labute approximate surface area is 126 Å². The van der Waals surface area contributed by atoms with E-state index in [0.29, 0.717) is 18.9 Å². The molecule has 122 valence electrons. The molecule has 5 nitrogen and oxygen atoms in total. The topological polar surface area (TPSA) is 84.2 Å². The fraction of sp³-hybridized carbons (Fsp3) is 1.00. The van der Waals surface area contributed by atoms with Crippen molar-refractivity contribution in [2.24, 2.45) is 5.92 Å². The number of aliphatic hydroxyl groups excluding tert-OH is 2. The molecule has 1 saturated heterocycles. The maximum Gasteiger partial charge on any atom is 0.0963 e. The summed E-state index contributed by atoms with van der Waals surface area (Å²) < 4.78 is 0. The molecule has 3 rings (SSSR count). The molecule has 3 aliphatic rings. The number of nitrogens with zero attached hydrogens (tertiary/aromatic N) is 1. The summed E-state index contributed by atoms with van der Waals surface area (Å²) in [5, 5.41) is 41.4. The van der Waals surface area contributed by atoms with Gasteiger partial charge in [0.2, 0.25) is 0 Å². The summed E-state index contributed by atoms with van der Waals surface area (Å²) in [4.78, 5) is 2.46. The molecular weight excluding hydrogens is 270 g/mol. The first-order valence-corrected chi connectivity index (χ1v) is 8.40. The lowest BCUT2D eigenvalue weighted by molar-refractivity contribution is -0.205. The molecule has 0 aromatic heterocycles. The van der Waals surface area contributed by atoms with Gasteiger partial charge in [0.05, 0.1) is 23.4 Å². The van der Waals surface area contributed by atoms with Gasteiger partial charge in [0.15, 0.2) is 0 Å². The molecular formula is C16H29NO4. The molecule has 2 aliphatic carbocycles. The van der Waals surface area contributed by atoms with Crippen LogP contribution < -0.4 is 0 Å². The van der Waals surface area contributed by atoms with Crippen molar-refractivity contribution in [3.63, 3.8) is 0 Å². The van der Waals surface area contributed by atoms with Crippen LogP contribution in [0.15, 0.2) is 0 Å². The minimum absolute atomic E-state index is 0.0773. The molecule has 5 unspecified atom stereocenters. The van der Waals surface area contributed by atoms with Crippen molar-refractivity contribution in [2.75, 3.05) is 13.1 Å². The summed E-state index contributed by atoms with van der Waals surface area (Å²) in [7, 11) is 0. The third kappa shape index (κ3) is 2.63. The van der Waals surface area contributed by atoms with Crippen LogP contribution in [-0.2, 0) is 0 Å². The Bertz CT molecular complexity index is 362. The second-order valence-electron chi connectivity index (χ2n) is 7.61. The van der Waals surface area contributed by atoms with Crippen LogP contribution in [0.5, 0.6) is 0 Å².